The lowest BCUT2D eigenvalue weighted by Gasteiger charge is -2.08. The fraction of sp³-hybridized carbons (Fsp3) is 0.143. The van der Waals surface area contributed by atoms with Gasteiger partial charge >= 0.3 is 5.97 Å². The van der Waals surface area contributed by atoms with Gasteiger partial charge in [-0.1, -0.05) is 6.92 Å². The molecule has 0 aliphatic rings. The van der Waals surface area contributed by atoms with Crippen molar-refractivity contribution in [2.24, 2.45) is 0 Å². The van der Waals surface area contributed by atoms with Gasteiger partial charge in [-0.15, -0.1) is 0 Å². The number of benzene rings is 1. The number of nitrogens with zero attached hydrogens (tertiary/aromatic N) is 1. The van der Waals surface area contributed by atoms with Crippen LogP contribution < -0.4 is 4.74 Å². The second-order valence-electron chi connectivity index (χ2n) is 4.02. The van der Waals surface area contributed by atoms with E-state index in [0.29, 0.717) is 17.9 Å². The Bertz CT molecular complexity index is 661. The zero-order valence-electron chi connectivity index (χ0n) is 10.6. The van der Waals surface area contributed by atoms with E-state index in [4.69, 9.17) is 9.84 Å². The number of pyridine rings is 1. The summed E-state index contributed by atoms with van der Waals surface area (Å²) in [5, 5.41) is 9.04. The molecule has 1 aromatic heterocycles. The Morgan fingerprint density at radius 3 is 2.75 bits per heavy atom. The van der Waals surface area contributed by atoms with E-state index < -0.39 is 11.8 Å². The lowest BCUT2D eigenvalue weighted by atomic mass is 10.2. The molecule has 0 saturated carbocycles. The third-order valence-electron chi connectivity index (χ3n) is 2.58. The van der Waals surface area contributed by atoms with Crippen LogP contribution in [0.15, 0.2) is 34.8 Å². The number of aromatic carboxylic acids is 1. The minimum absolute atomic E-state index is 0.105. The Balaban J connectivity index is 2.34. The van der Waals surface area contributed by atoms with E-state index in [0.717, 1.165) is 0 Å². The summed E-state index contributed by atoms with van der Waals surface area (Å²) in [6.07, 6.45) is 0.588. The normalized spacial score (nSPS) is 10.3. The van der Waals surface area contributed by atoms with Crippen molar-refractivity contribution in [2.75, 3.05) is 0 Å². The second-order valence-corrected chi connectivity index (χ2v) is 4.88. The van der Waals surface area contributed by atoms with Crippen LogP contribution in [0.3, 0.4) is 0 Å². The zero-order chi connectivity index (χ0) is 14.7. The predicted molar refractivity (Wildman–Crippen MR) is 74.7 cm³/mol. The Morgan fingerprint density at radius 1 is 1.40 bits per heavy atom. The van der Waals surface area contributed by atoms with Gasteiger partial charge in [0, 0.05) is 11.8 Å². The number of aromatic nitrogens is 1. The lowest BCUT2D eigenvalue weighted by Crippen LogP contribution is -2.01. The minimum Gasteiger partial charge on any atom is -0.478 e. The van der Waals surface area contributed by atoms with E-state index in [-0.39, 0.29) is 15.9 Å². The first-order valence-corrected chi connectivity index (χ1v) is 6.66. The number of hydrogen-bond donors (Lipinski definition) is 1. The van der Waals surface area contributed by atoms with Crippen LogP contribution in [0.4, 0.5) is 4.39 Å². The van der Waals surface area contributed by atoms with Gasteiger partial charge in [0.25, 0.3) is 0 Å². The first-order chi connectivity index (χ1) is 9.49. The van der Waals surface area contributed by atoms with Gasteiger partial charge in [-0.3, -0.25) is 0 Å². The maximum absolute atomic E-state index is 13.1. The Kier molecular flexibility index (Phi) is 4.34. The van der Waals surface area contributed by atoms with Crippen molar-refractivity contribution in [3.05, 3.63) is 51.9 Å². The van der Waals surface area contributed by atoms with Crippen molar-refractivity contribution in [1.29, 1.82) is 0 Å². The first-order valence-electron chi connectivity index (χ1n) is 5.86. The molecule has 0 atom stereocenters. The van der Waals surface area contributed by atoms with Gasteiger partial charge in [-0.25, -0.2) is 14.2 Å². The van der Waals surface area contributed by atoms with Crippen LogP contribution in [0.1, 0.15) is 23.0 Å². The Morgan fingerprint density at radius 2 is 2.15 bits per heavy atom. The molecule has 2 aromatic rings. The minimum atomic E-state index is -1.05. The molecule has 2 rings (SSSR count). The van der Waals surface area contributed by atoms with Crippen LogP contribution in [0.5, 0.6) is 11.6 Å². The van der Waals surface area contributed by atoms with E-state index in [1.165, 1.54) is 30.3 Å². The molecule has 1 heterocycles. The monoisotopic (exact) mass is 339 g/mol. The third kappa shape index (κ3) is 3.33. The van der Waals surface area contributed by atoms with Crippen molar-refractivity contribution in [3.8, 4) is 11.6 Å². The largest absolute Gasteiger partial charge is 0.478 e. The zero-order valence-corrected chi connectivity index (χ0v) is 12.1. The van der Waals surface area contributed by atoms with Crippen LogP contribution >= 0.6 is 15.9 Å². The van der Waals surface area contributed by atoms with Crippen molar-refractivity contribution in [2.45, 2.75) is 13.3 Å². The lowest BCUT2D eigenvalue weighted by molar-refractivity contribution is 0.0696. The molecule has 0 unspecified atom stereocenters. The van der Waals surface area contributed by atoms with Crippen LogP contribution in [-0.2, 0) is 6.42 Å². The highest BCUT2D eigenvalue weighted by Gasteiger charge is 2.10. The molecule has 1 N–H and O–H groups in total. The average Bonchev–Trinajstić information content (AvgIpc) is 2.42. The van der Waals surface area contributed by atoms with Crippen molar-refractivity contribution in [1.82, 2.24) is 4.98 Å². The quantitative estimate of drug-likeness (QED) is 0.913. The highest BCUT2D eigenvalue weighted by Crippen LogP contribution is 2.26. The van der Waals surface area contributed by atoms with Crippen LogP contribution in [-0.4, -0.2) is 16.1 Å². The molecule has 0 amide bonds. The summed E-state index contributed by atoms with van der Waals surface area (Å²) in [7, 11) is 0. The van der Waals surface area contributed by atoms with E-state index in [9.17, 15) is 9.18 Å². The molecule has 20 heavy (non-hydrogen) atoms. The number of carbonyl (C=O) groups is 1. The summed E-state index contributed by atoms with van der Waals surface area (Å²) in [6.45, 7) is 1.87. The smallest absolute Gasteiger partial charge is 0.335 e. The number of ether oxygens (including phenoxy) is 1. The molecule has 4 nitrogen and oxygen atoms in total. The SMILES string of the molecule is CCc1cc(C(=O)O)cc(Oc2ccc(F)c(Br)c2)n1. The maximum Gasteiger partial charge on any atom is 0.335 e. The fourth-order valence-electron chi connectivity index (χ4n) is 1.58. The van der Waals surface area contributed by atoms with Crippen molar-refractivity contribution < 1.29 is 19.0 Å². The molecular weight excluding hydrogens is 329 g/mol. The molecule has 104 valence electrons. The van der Waals surface area contributed by atoms with Crippen LogP contribution in [0.25, 0.3) is 0 Å². The fourth-order valence-corrected chi connectivity index (χ4v) is 1.94. The molecule has 0 bridgehead atoms. The van der Waals surface area contributed by atoms with E-state index in [1.807, 2.05) is 6.92 Å². The summed E-state index contributed by atoms with van der Waals surface area (Å²) < 4.78 is 18.9. The van der Waals surface area contributed by atoms with Crippen LogP contribution in [0, 0.1) is 5.82 Å². The number of aryl methyl sites for hydroxylation is 1. The van der Waals surface area contributed by atoms with Gasteiger partial charge in [0.15, 0.2) is 0 Å². The molecule has 0 saturated heterocycles. The second kappa shape index (κ2) is 6.00. The summed E-state index contributed by atoms with van der Waals surface area (Å²) in [4.78, 5) is 15.2. The summed E-state index contributed by atoms with van der Waals surface area (Å²) in [5.41, 5.74) is 0.717. The van der Waals surface area contributed by atoms with Gasteiger partial charge in [0.1, 0.15) is 11.6 Å². The third-order valence-corrected chi connectivity index (χ3v) is 3.19. The number of carboxylic acids is 1. The number of carboxylic acid groups (broad SMARTS) is 1. The van der Waals surface area contributed by atoms with Crippen molar-refractivity contribution in [3.63, 3.8) is 0 Å². The predicted octanol–water partition coefficient (Wildman–Crippen LogP) is 4.04. The van der Waals surface area contributed by atoms with E-state index >= 15 is 0 Å². The highest BCUT2D eigenvalue weighted by molar-refractivity contribution is 9.10. The molecular formula is C14H11BrFNO3. The van der Waals surface area contributed by atoms with Gasteiger partial charge in [0.2, 0.25) is 5.88 Å². The summed E-state index contributed by atoms with van der Waals surface area (Å²) in [5.74, 6) is -0.915. The number of rotatable bonds is 4. The highest BCUT2D eigenvalue weighted by atomic mass is 79.9. The van der Waals surface area contributed by atoms with Crippen LogP contribution in [0.2, 0.25) is 0 Å². The van der Waals surface area contributed by atoms with Crippen molar-refractivity contribution >= 4 is 21.9 Å². The molecule has 0 fully saturated rings. The van der Waals surface area contributed by atoms with Gasteiger partial charge in [-0.2, -0.15) is 0 Å². The molecule has 0 aliphatic carbocycles. The molecule has 0 spiro atoms. The summed E-state index contributed by atoms with van der Waals surface area (Å²) >= 11 is 3.06. The van der Waals surface area contributed by atoms with E-state index in [2.05, 4.69) is 20.9 Å². The topological polar surface area (TPSA) is 59.4 Å². The number of hydrogen-bond acceptors (Lipinski definition) is 3. The molecule has 0 aliphatic heterocycles. The standard InChI is InChI=1S/C14H11BrFNO3/c1-2-9-5-8(14(18)19)6-13(17-9)20-10-3-4-12(16)11(15)7-10/h3-7H,2H2,1H3,(H,18,19). The molecule has 1 aromatic carbocycles. The number of halogens is 2. The summed E-state index contributed by atoms with van der Waals surface area (Å²) in [6, 6.07) is 6.98. The first kappa shape index (κ1) is 14.5. The maximum atomic E-state index is 13.1. The van der Waals surface area contributed by atoms with Gasteiger partial charge < -0.3 is 9.84 Å². The Hall–Kier alpha value is -1.95. The average molecular weight is 340 g/mol. The Labute approximate surface area is 123 Å². The van der Waals surface area contributed by atoms with E-state index in [1.54, 1.807) is 0 Å². The van der Waals surface area contributed by atoms with Gasteiger partial charge in [-0.05, 0) is 46.6 Å². The molecule has 6 heteroatoms. The van der Waals surface area contributed by atoms with Gasteiger partial charge in [0.05, 0.1) is 10.0 Å². The molecule has 0 radical (unpaired) electrons.